The molecule has 0 bridgehead atoms. The highest BCUT2D eigenvalue weighted by molar-refractivity contribution is 7.98. The van der Waals surface area contributed by atoms with Crippen LogP contribution in [-0.2, 0) is 17.0 Å². The number of carbonyl (C=O) groups is 1. The molecular weight excluding hydrogens is 464 g/mol. The zero-order valence-corrected chi connectivity index (χ0v) is 20.5. The molecule has 0 aliphatic rings. The minimum Gasteiger partial charge on any atom is -0.497 e. The third-order valence-corrected chi connectivity index (χ3v) is 7.96. The molecule has 0 aliphatic carbocycles. The topological polar surface area (TPSA) is 86.1 Å². The molecule has 10 heteroatoms. The summed E-state index contributed by atoms with van der Waals surface area (Å²) in [7, 11) is 1.60. The molecule has 7 nitrogen and oxygen atoms in total. The number of hydrogen-bond acceptors (Lipinski definition) is 8. The Hall–Kier alpha value is -2.69. The number of fused-ring (bicyclic) bond motifs is 1. The first kappa shape index (κ1) is 22.5. The van der Waals surface area contributed by atoms with Gasteiger partial charge in [0.2, 0.25) is 5.91 Å². The first-order valence-electron chi connectivity index (χ1n) is 9.95. The number of aryl methyl sites for hydroxylation is 2. The Labute approximate surface area is 197 Å². The molecule has 166 valence electrons. The van der Waals surface area contributed by atoms with Crippen molar-refractivity contribution in [1.82, 2.24) is 14.5 Å². The normalized spacial score (nSPS) is 11.1. The molecule has 1 amide bonds. The lowest BCUT2D eigenvalue weighted by atomic mass is 10.2. The van der Waals surface area contributed by atoms with Gasteiger partial charge in [-0.05, 0) is 31.0 Å². The summed E-state index contributed by atoms with van der Waals surface area (Å²) in [6.07, 6.45) is 0.860. The third-order valence-electron chi connectivity index (χ3n) is 4.85. The predicted molar refractivity (Wildman–Crippen MR) is 132 cm³/mol. The molecule has 0 unspecified atom stereocenters. The molecule has 3 aromatic heterocycles. The van der Waals surface area contributed by atoms with Crippen molar-refractivity contribution in [2.75, 3.05) is 12.4 Å². The van der Waals surface area contributed by atoms with Crippen molar-refractivity contribution in [1.29, 1.82) is 0 Å². The van der Waals surface area contributed by atoms with Crippen LogP contribution in [0.2, 0.25) is 0 Å². The fraction of sp³-hybridized carbons (Fsp3) is 0.273. The molecule has 0 fully saturated rings. The summed E-state index contributed by atoms with van der Waals surface area (Å²) in [5, 5.41) is 6.41. The molecule has 1 N–H and O–H groups in total. The standard InChI is InChI=1S/C22H22N4O3S3/c1-5-17-12(2)18-19(32-17)25-22(31-11-14-10-30-21(24-14)23-13(3)27)26(20(18)28)15-7-6-8-16(9-15)29-4/h6-10H,5,11H2,1-4H3,(H,23,24,27). The second-order valence-electron chi connectivity index (χ2n) is 7.03. The van der Waals surface area contributed by atoms with E-state index in [2.05, 4.69) is 17.2 Å². The Morgan fingerprint density at radius 1 is 1.31 bits per heavy atom. The van der Waals surface area contributed by atoms with Gasteiger partial charge in [0.25, 0.3) is 5.56 Å². The SMILES string of the molecule is CCc1sc2nc(SCc3csc(NC(C)=O)n3)n(-c3cccc(OC)c3)c(=O)c2c1C. The van der Waals surface area contributed by atoms with Gasteiger partial charge in [0.15, 0.2) is 10.3 Å². The predicted octanol–water partition coefficient (Wildman–Crippen LogP) is 5.03. The molecule has 0 atom stereocenters. The Balaban J connectivity index is 1.80. The lowest BCUT2D eigenvalue weighted by Gasteiger charge is -2.13. The number of thioether (sulfide) groups is 1. The molecule has 4 aromatic rings. The van der Waals surface area contributed by atoms with Crippen LogP contribution in [0.4, 0.5) is 5.13 Å². The van der Waals surface area contributed by atoms with Crippen molar-refractivity contribution >= 4 is 55.7 Å². The zero-order valence-electron chi connectivity index (χ0n) is 18.1. The Morgan fingerprint density at radius 3 is 2.84 bits per heavy atom. The number of thiazole rings is 1. The van der Waals surface area contributed by atoms with Crippen LogP contribution in [0.5, 0.6) is 5.75 Å². The van der Waals surface area contributed by atoms with Crippen LogP contribution in [0.25, 0.3) is 15.9 Å². The maximum Gasteiger partial charge on any atom is 0.267 e. The van der Waals surface area contributed by atoms with E-state index in [1.165, 1.54) is 34.9 Å². The number of methoxy groups -OCH3 is 1. The molecule has 4 rings (SSSR count). The molecule has 32 heavy (non-hydrogen) atoms. The first-order valence-corrected chi connectivity index (χ1v) is 12.6. The summed E-state index contributed by atoms with van der Waals surface area (Å²) < 4.78 is 7.02. The van der Waals surface area contributed by atoms with E-state index in [1.807, 2.05) is 36.6 Å². The van der Waals surface area contributed by atoms with Crippen molar-refractivity contribution in [3.8, 4) is 11.4 Å². The minimum atomic E-state index is -0.155. The second-order valence-corrected chi connectivity index (χ2v) is 9.92. The minimum absolute atomic E-state index is 0.0867. The van der Waals surface area contributed by atoms with E-state index in [-0.39, 0.29) is 11.5 Å². The number of carbonyl (C=O) groups excluding carboxylic acids is 1. The van der Waals surface area contributed by atoms with Crippen molar-refractivity contribution < 1.29 is 9.53 Å². The fourth-order valence-electron chi connectivity index (χ4n) is 3.34. The number of hydrogen-bond donors (Lipinski definition) is 1. The van der Waals surface area contributed by atoms with Crippen molar-refractivity contribution in [3.63, 3.8) is 0 Å². The van der Waals surface area contributed by atoms with E-state index in [4.69, 9.17) is 9.72 Å². The van der Waals surface area contributed by atoms with Crippen molar-refractivity contribution in [2.24, 2.45) is 0 Å². The van der Waals surface area contributed by atoms with Gasteiger partial charge in [0.05, 0.1) is 23.9 Å². The molecule has 0 radical (unpaired) electrons. The maximum atomic E-state index is 13.7. The Kier molecular flexibility index (Phi) is 6.63. The summed E-state index contributed by atoms with van der Waals surface area (Å²) in [5.74, 6) is 1.03. The summed E-state index contributed by atoms with van der Waals surface area (Å²) in [5.41, 5.74) is 2.42. The largest absolute Gasteiger partial charge is 0.497 e. The highest BCUT2D eigenvalue weighted by atomic mass is 32.2. The van der Waals surface area contributed by atoms with Crippen LogP contribution in [-0.4, -0.2) is 27.6 Å². The van der Waals surface area contributed by atoms with E-state index in [0.717, 1.165) is 22.5 Å². The number of aromatic nitrogens is 3. The average molecular weight is 487 g/mol. The number of ether oxygens (including phenoxy) is 1. The van der Waals surface area contributed by atoms with Crippen LogP contribution >= 0.6 is 34.4 Å². The van der Waals surface area contributed by atoms with Crippen molar-refractivity contribution in [3.05, 3.63) is 56.1 Å². The number of benzene rings is 1. The lowest BCUT2D eigenvalue weighted by molar-refractivity contribution is -0.114. The van der Waals surface area contributed by atoms with Crippen LogP contribution in [0, 0.1) is 6.92 Å². The maximum absolute atomic E-state index is 13.7. The molecule has 0 saturated heterocycles. The number of anilines is 1. The highest BCUT2D eigenvalue weighted by Crippen LogP contribution is 2.32. The zero-order chi connectivity index (χ0) is 22.8. The lowest BCUT2D eigenvalue weighted by Crippen LogP contribution is -2.21. The molecule has 0 spiro atoms. The molecule has 1 aromatic carbocycles. The second kappa shape index (κ2) is 9.43. The van der Waals surface area contributed by atoms with Crippen LogP contribution in [0.3, 0.4) is 0 Å². The van der Waals surface area contributed by atoms with Crippen LogP contribution < -0.4 is 15.6 Å². The van der Waals surface area contributed by atoms with Gasteiger partial charge in [-0.2, -0.15) is 0 Å². The first-order chi connectivity index (χ1) is 15.4. The third kappa shape index (κ3) is 4.43. The summed E-state index contributed by atoms with van der Waals surface area (Å²) >= 11 is 4.39. The summed E-state index contributed by atoms with van der Waals surface area (Å²) in [6.45, 7) is 5.53. The van der Waals surface area contributed by atoms with E-state index in [9.17, 15) is 9.59 Å². The van der Waals surface area contributed by atoms with Gasteiger partial charge in [-0.1, -0.05) is 24.8 Å². The average Bonchev–Trinajstić information content (AvgIpc) is 3.35. The summed E-state index contributed by atoms with van der Waals surface area (Å²) in [6, 6.07) is 7.41. The Morgan fingerprint density at radius 2 is 2.12 bits per heavy atom. The van der Waals surface area contributed by atoms with E-state index >= 15 is 0 Å². The Bertz CT molecular complexity index is 1360. The van der Waals surface area contributed by atoms with E-state index in [1.54, 1.807) is 23.0 Å². The van der Waals surface area contributed by atoms with Gasteiger partial charge in [0, 0.05) is 29.0 Å². The molecular formula is C22H22N4O3S3. The number of rotatable bonds is 7. The number of thiophene rings is 1. The van der Waals surface area contributed by atoms with Crippen molar-refractivity contribution in [2.45, 2.75) is 38.1 Å². The van der Waals surface area contributed by atoms with Gasteiger partial charge < -0.3 is 10.1 Å². The molecule has 0 aliphatic heterocycles. The van der Waals surface area contributed by atoms with Gasteiger partial charge in [-0.3, -0.25) is 14.2 Å². The van der Waals surface area contributed by atoms with Gasteiger partial charge in [0.1, 0.15) is 10.6 Å². The van der Waals surface area contributed by atoms with Crippen LogP contribution in [0.1, 0.15) is 30.0 Å². The van der Waals surface area contributed by atoms with Crippen LogP contribution in [0.15, 0.2) is 39.6 Å². The molecule has 0 saturated carbocycles. The summed E-state index contributed by atoms with van der Waals surface area (Å²) in [4.78, 5) is 36.2. The van der Waals surface area contributed by atoms with Gasteiger partial charge in [-0.15, -0.1) is 22.7 Å². The smallest absolute Gasteiger partial charge is 0.267 e. The number of nitrogens with zero attached hydrogens (tertiary/aromatic N) is 3. The highest BCUT2D eigenvalue weighted by Gasteiger charge is 2.19. The van der Waals surface area contributed by atoms with Gasteiger partial charge in [-0.25, -0.2) is 9.97 Å². The number of amides is 1. The number of nitrogens with one attached hydrogen (secondary N) is 1. The quantitative estimate of drug-likeness (QED) is 0.291. The molecule has 3 heterocycles. The van der Waals surface area contributed by atoms with E-state index < -0.39 is 0 Å². The van der Waals surface area contributed by atoms with Gasteiger partial charge >= 0.3 is 0 Å². The monoisotopic (exact) mass is 486 g/mol. The fourth-order valence-corrected chi connectivity index (χ4v) is 6.27. The van der Waals surface area contributed by atoms with E-state index in [0.29, 0.717) is 32.9 Å².